The summed E-state index contributed by atoms with van der Waals surface area (Å²) in [5.74, 6) is -1.53. The predicted molar refractivity (Wildman–Crippen MR) is 130 cm³/mol. The van der Waals surface area contributed by atoms with Gasteiger partial charge in [0.1, 0.15) is 13.2 Å². The number of benzene rings is 2. The molecule has 1 aliphatic rings. The van der Waals surface area contributed by atoms with E-state index in [1.54, 1.807) is 19.9 Å². The predicted octanol–water partition coefficient (Wildman–Crippen LogP) is 4.06. The number of fused-ring (bicyclic) bond motifs is 3. The molecule has 4 rings (SSSR count). The molecule has 2 N–H and O–H groups in total. The average Bonchev–Trinajstić information content (AvgIpc) is 3.18. The normalized spacial score (nSPS) is 12.1. The van der Waals surface area contributed by atoms with Crippen molar-refractivity contribution in [3.8, 4) is 11.1 Å². The molecule has 1 aliphatic carbocycles. The zero-order valence-electron chi connectivity index (χ0n) is 19.6. The van der Waals surface area contributed by atoms with Gasteiger partial charge < -0.3 is 20.1 Å². The zero-order valence-corrected chi connectivity index (χ0v) is 19.6. The minimum absolute atomic E-state index is 0.0384. The summed E-state index contributed by atoms with van der Waals surface area (Å²) >= 11 is 0. The Morgan fingerprint density at radius 2 is 1.66 bits per heavy atom. The maximum absolute atomic E-state index is 12.8. The Bertz CT molecular complexity index is 1210. The molecule has 0 spiro atoms. The number of alkyl carbamates (subject to hydrolysis) is 1. The van der Waals surface area contributed by atoms with E-state index in [1.807, 2.05) is 24.3 Å². The van der Waals surface area contributed by atoms with Crippen molar-refractivity contribution < 1.29 is 24.2 Å². The van der Waals surface area contributed by atoms with Crippen molar-refractivity contribution >= 4 is 18.0 Å². The summed E-state index contributed by atoms with van der Waals surface area (Å²) in [6, 6.07) is 19.0. The standard InChI is InChI=1S/C27H27N3O5/c1-17(2)30(15-25(31)32)26(33)18-11-12-28-19(13-18)14-29-27(34)35-16-24-22-9-5-3-7-20(22)21-8-4-6-10-23(21)24/h3-13,17,24H,14-16H2,1-2H3,(H,29,34)(H,31,32). The third-order valence-corrected chi connectivity index (χ3v) is 6.01. The van der Waals surface area contributed by atoms with Gasteiger partial charge in [0.2, 0.25) is 0 Å². The fourth-order valence-electron chi connectivity index (χ4n) is 4.32. The molecule has 1 aromatic heterocycles. The molecule has 8 nitrogen and oxygen atoms in total. The highest BCUT2D eigenvalue weighted by Gasteiger charge is 2.29. The first-order valence-corrected chi connectivity index (χ1v) is 11.4. The van der Waals surface area contributed by atoms with Crippen LogP contribution in [0.1, 0.15) is 46.9 Å². The van der Waals surface area contributed by atoms with Gasteiger partial charge in [0, 0.05) is 23.7 Å². The lowest BCUT2D eigenvalue weighted by atomic mass is 9.98. The molecule has 0 bridgehead atoms. The SMILES string of the molecule is CC(C)N(CC(=O)O)C(=O)c1ccnc(CNC(=O)OCC2c3ccccc3-c3ccccc32)c1. The second-order valence-electron chi connectivity index (χ2n) is 8.64. The topological polar surface area (TPSA) is 109 Å². The van der Waals surface area contributed by atoms with Gasteiger partial charge >= 0.3 is 12.1 Å². The lowest BCUT2D eigenvalue weighted by Gasteiger charge is -2.25. The zero-order chi connectivity index (χ0) is 24.9. The van der Waals surface area contributed by atoms with Crippen LogP contribution >= 0.6 is 0 Å². The summed E-state index contributed by atoms with van der Waals surface area (Å²) in [6.07, 6.45) is 0.876. The highest BCUT2D eigenvalue weighted by atomic mass is 16.5. The summed E-state index contributed by atoms with van der Waals surface area (Å²) in [4.78, 5) is 41.8. The molecule has 180 valence electrons. The molecule has 0 unspecified atom stereocenters. The largest absolute Gasteiger partial charge is 0.480 e. The van der Waals surface area contributed by atoms with Crippen LogP contribution in [-0.4, -0.2) is 52.2 Å². The Kier molecular flexibility index (Phi) is 7.10. The summed E-state index contributed by atoms with van der Waals surface area (Å²) in [7, 11) is 0. The maximum Gasteiger partial charge on any atom is 0.407 e. The number of hydrogen-bond acceptors (Lipinski definition) is 5. The molecular formula is C27H27N3O5. The number of nitrogens with zero attached hydrogens (tertiary/aromatic N) is 2. The summed E-state index contributed by atoms with van der Waals surface area (Å²) in [6.45, 7) is 3.37. The number of carboxylic acids is 1. The van der Waals surface area contributed by atoms with Crippen LogP contribution < -0.4 is 5.32 Å². The van der Waals surface area contributed by atoms with Crippen LogP contribution in [0.5, 0.6) is 0 Å². The number of carbonyl (C=O) groups is 3. The van der Waals surface area contributed by atoms with E-state index in [0.29, 0.717) is 11.3 Å². The summed E-state index contributed by atoms with van der Waals surface area (Å²) in [5, 5.41) is 11.8. The summed E-state index contributed by atoms with van der Waals surface area (Å²) in [5.41, 5.74) is 5.33. The van der Waals surface area contributed by atoms with E-state index >= 15 is 0 Å². The van der Waals surface area contributed by atoms with Gasteiger partial charge in [-0.15, -0.1) is 0 Å². The van der Waals surface area contributed by atoms with Crippen molar-refractivity contribution in [2.45, 2.75) is 32.4 Å². The highest BCUT2D eigenvalue weighted by Crippen LogP contribution is 2.44. The lowest BCUT2D eigenvalue weighted by molar-refractivity contribution is -0.138. The second kappa shape index (κ2) is 10.4. The summed E-state index contributed by atoms with van der Waals surface area (Å²) < 4.78 is 5.53. The molecular weight excluding hydrogens is 446 g/mol. The van der Waals surface area contributed by atoms with Gasteiger partial charge in [0.05, 0.1) is 12.2 Å². The van der Waals surface area contributed by atoms with Gasteiger partial charge in [0.15, 0.2) is 0 Å². The Balaban J connectivity index is 1.37. The van der Waals surface area contributed by atoms with Crippen molar-refractivity contribution in [1.82, 2.24) is 15.2 Å². The number of hydrogen-bond donors (Lipinski definition) is 2. The van der Waals surface area contributed by atoms with E-state index in [4.69, 9.17) is 9.84 Å². The molecule has 0 radical (unpaired) electrons. The van der Waals surface area contributed by atoms with Crippen LogP contribution in [0.25, 0.3) is 11.1 Å². The van der Waals surface area contributed by atoms with Crippen LogP contribution in [0.3, 0.4) is 0 Å². The first-order valence-electron chi connectivity index (χ1n) is 11.4. The number of rotatable bonds is 8. The third kappa shape index (κ3) is 5.32. The molecule has 35 heavy (non-hydrogen) atoms. The molecule has 0 saturated heterocycles. The van der Waals surface area contributed by atoms with Gasteiger partial charge in [-0.05, 0) is 48.2 Å². The van der Waals surface area contributed by atoms with E-state index in [9.17, 15) is 14.4 Å². The van der Waals surface area contributed by atoms with E-state index in [-0.39, 0.29) is 25.1 Å². The number of carboxylic acid groups (broad SMARTS) is 1. The van der Waals surface area contributed by atoms with Crippen molar-refractivity contribution in [2.24, 2.45) is 0 Å². The van der Waals surface area contributed by atoms with Gasteiger partial charge in [-0.3, -0.25) is 14.6 Å². The first-order chi connectivity index (χ1) is 16.8. The van der Waals surface area contributed by atoms with E-state index in [2.05, 4.69) is 34.6 Å². The molecule has 2 aromatic carbocycles. The Labute approximate surface area is 203 Å². The van der Waals surface area contributed by atoms with Crippen molar-refractivity contribution in [2.75, 3.05) is 13.2 Å². The Morgan fingerprint density at radius 3 is 2.26 bits per heavy atom. The van der Waals surface area contributed by atoms with Crippen molar-refractivity contribution in [1.29, 1.82) is 0 Å². The quantitative estimate of drug-likeness (QED) is 0.511. The average molecular weight is 474 g/mol. The number of nitrogens with one attached hydrogen (secondary N) is 1. The molecule has 0 atom stereocenters. The fraction of sp³-hybridized carbons (Fsp3) is 0.259. The monoisotopic (exact) mass is 473 g/mol. The van der Waals surface area contributed by atoms with Crippen LogP contribution in [0.2, 0.25) is 0 Å². The molecule has 2 amide bonds. The van der Waals surface area contributed by atoms with Gasteiger partial charge in [-0.2, -0.15) is 0 Å². The van der Waals surface area contributed by atoms with Gasteiger partial charge in [0.25, 0.3) is 5.91 Å². The van der Waals surface area contributed by atoms with Crippen LogP contribution in [0.4, 0.5) is 4.79 Å². The molecule has 3 aromatic rings. The van der Waals surface area contributed by atoms with E-state index in [0.717, 1.165) is 22.3 Å². The number of aliphatic carboxylic acids is 1. The second-order valence-corrected chi connectivity index (χ2v) is 8.64. The highest BCUT2D eigenvalue weighted by molar-refractivity contribution is 5.96. The van der Waals surface area contributed by atoms with Crippen LogP contribution in [-0.2, 0) is 16.1 Å². The maximum atomic E-state index is 12.8. The smallest absolute Gasteiger partial charge is 0.407 e. The van der Waals surface area contributed by atoms with Crippen LogP contribution in [0, 0.1) is 0 Å². The van der Waals surface area contributed by atoms with Gasteiger partial charge in [-0.25, -0.2) is 4.79 Å². The molecule has 0 fully saturated rings. The van der Waals surface area contributed by atoms with E-state index in [1.165, 1.54) is 17.2 Å². The number of pyridine rings is 1. The molecule has 0 aliphatic heterocycles. The number of ether oxygens (including phenoxy) is 1. The van der Waals surface area contributed by atoms with E-state index < -0.39 is 24.5 Å². The fourth-order valence-corrected chi connectivity index (χ4v) is 4.32. The Hall–Kier alpha value is -4.20. The first kappa shape index (κ1) is 23.9. The minimum Gasteiger partial charge on any atom is -0.480 e. The number of amides is 2. The lowest BCUT2D eigenvalue weighted by Crippen LogP contribution is -2.40. The molecule has 0 saturated carbocycles. The number of aromatic nitrogens is 1. The van der Waals surface area contributed by atoms with Crippen molar-refractivity contribution in [3.05, 3.63) is 89.2 Å². The van der Waals surface area contributed by atoms with Crippen molar-refractivity contribution in [3.63, 3.8) is 0 Å². The molecule has 8 heteroatoms. The minimum atomic E-state index is -1.08. The molecule has 1 heterocycles. The van der Waals surface area contributed by atoms with Crippen LogP contribution in [0.15, 0.2) is 66.9 Å². The third-order valence-electron chi connectivity index (χ3n) is 6.01. The van der Waals surface area contributed by atoms with Gasteiger partial charge in [-0.1, -0.05) is 48.5 Å². The Morgan fingerprint density at radius 1 is 1.03 bits per heavy atom. The number of carbonyl (C=O) groups excluding carboxylic acids is 2.